The van der Waals surface area contributed by atoms with Crippen LogP contribution in [-0.4, -0.2) is 23.9 Å². The quantitative estimate of drug-likeness (QED) is 0.632. The Morgan fingerprint density at radius 1 is 1.04 bits per heavy atom. The number of nitrogens with one attached hydrogen (secondary N) is 2. The highest BCUT2D eigenvalue weighted by Gasteiger charge is 2.51. The van der Waals surface area contributed by atoms with Crippen molar-refractivity contribution < 1.29 is 4.74 Å². The van der Waals surface area contributed by atoms with Gasteiger partial charge in [0.15, 0.2) is 5.11 Å². The smallest absolute Gasteiger partial charge is 0.170 e. The second kappa shape index (κ2) is 6.40. The molecule has 1 aromatic rings. The molecule has 0 unspecified atom stereocenters. The van der Waals surface area contributed by atoms with Gasteiger partial charge in [-0.2, -0.15) is 0 Å². The molecule has 0 heterocycles. The molecule has 23 heavy (non-hydrogen) atoms. The Hall–Kier alpha value is -1.13. The Bertz CT molecular complexity index is 524. The molecule has 4 saturated carbocycles. The van der Waals surface area contributed by atoms with Gasteiger partial charge < -0.3 is 15.4 Å². The minimum atomic E-state index is 0.199. The third-order valence-corrected chi connectivity index (χ3v) is 6.06. The predicted octanol–water partition coefficient (Wildman–Crippen LogP) is 3.96. The maximum atomic E-state index is 6.39. The Balaban J connectivity index is 1.21. The average Bonchev–Trinajstić information content (AvgIpc) is 2.51. The molecule has 4 aliphatic carbocycles. The fourth-order valence-electron chi connectivity index (χ4n) is 5.34. The van der Waals surface area contributed by atoms with Crippen LogP contribution >= 0.6 is 12.2 Å². The number of para-hydroxylation sites is 1. The predicted molar refractivity (Wildman–Crippen MR) is 97.5 cm³/mol. The van der Waals surface area contributed by atoms with Crippen LogP contribution in [0.1, 0.15) is 38.5 Å². The summed E-state index contributed by atoms with van der Waals surface area (Å²) in [5.41, 5.74) is 1.22. The second-order valence-electron chi connectivity index (χ2n) is 7.70. The Morgan fingerprint density at radius 3 is 2.26 bits per heavy atom. The van der Waals surface area contributed by atoms with Gasteiger partial charge in [0.1, 0.15) is 0 Å². The lowest BCUT2D eigenvalue weighted by Crippen LogP contribution is -2.52. The summed E-state index contributed by atoms with van der Waals surface area (Å²) < 4.78 is 6.39. The Labute approximate surface area is 144 Å². The third-order valence-electron chi connectivity index (χ3n) is 5.81. The molecule has 124 valence electrons. The molecule has 0 spiro atoms. The van der Waals surface area contributed by atoms with Gasteiger partial charge in [0, 0.05) is 12.2 Å². The zero-order valence-electron chi connectivity index (χ0n) is 13.6. The largest absolute Gasteiger partial charge is 0.373 e. The van der Waals surface area contributed by atoms with E-state index in [1.807, 2.05) is 30.3 Å². The van der Waals surface area contributed by atoms with Crippen molar-refractivity contribution in [2.24, 2.45) is 17.8 Å². The van der Waals surface area contributed by atoms with Gasteiger partial charge in [-0.15, -0.1) is 0 Å². The normalized spacial score (nSPS) is 34.3. The molecule has 0 aromatic heterocycles. The first-order valence-electron chi connectivity index (χ1n) is 8.95. The summed E-state index contributed by atoms with van der Waals surface area (Å²) in [6.45, 7) is 1.53. The van der Waals surface area contributed by atoms with E-state index < -0.39 is 0 Å². The molecule has 4 heteroatoms. The number of benzene rings is 1. The summed E-state index contributed by atoms with van der Waals surface area (Å²) >= 11 is 5.34. The topological polar surface area (TPSA) is 33.3 Å². The van der Waals surface area contributed by atoms with E-state index in [2.05, 4.69) is 10.6 Å². The van der Waals surface area contributed by atoms with Crippen molar-refractivity contribution in [1.82, 2.24) is 5.32 Å². The first-order chi connectivity index (χ1) is 11.2. The lowest BCUT2D eigenvalue weighted by atomic mass is 9.54. The standard InChI is InChI=1S/C19H26N2OS/c23-18(21-17-4-2-1-3-5-17)20-6-7-22-19-11-14-8-15(12-19)10-16(9-14)13-19/h1-5,14-16H,6-13H2,(H2,20,21,23). The highest BCUT2D eigenvalue weighted by molar-refractivity contribution is 7.80. The van der Waals surface area contributed by atoms with E-state index in [1.54, 1.807) is 0 Å². The average molecular weight is 330 g/mol. The first kappa shape index (κ1) is 15.4. The van der Waals surface area contributed by atoms with Crippen LogP contribution in [0.5, 0.6) is 0 Å². The summed E-state index contributed by atoms with van der Waals surface area (Å²) in [6, 6.07) is 10.0. The molecule has 4 bridgehead atoms. The number of hydrogen-bond donors (Lipinski definition) is 2. The van der Waals surface area contributed by atoms with Gasteiger partial charge in [-0.3, -0.25) is 0 Å². The van der Waals surface area contributed by atoms with E-state index in [4.69, 9.17) is 17.0 Å². The van der Waals surface area contributed by atoms with E-state index in [1.165, 1.54) is 38.5 Å². The number of hydrogen-bond acceptors (Lipinski definition) is 2. The monoisotopic (exact) mass is 330 g/mol. The molecule has 4 fully saturated rings. The van der Waals surface area contributed by atoms with Crippen molar-refractivity contribution in [3.63, 3.8) is 0 Å². The molecule has 0 amide bonds. The SMILES string of the molecule is S=C(NCCOC12CC3CC(CC(C3)C1)C2)Nc1ccccc1. The second-order valence-corrected chi connectivity index (χ2v) is 8.10. The molecule has 0 aliphatic heterocycles. The molecule has 2 N–H and O–H groups in total. The van der Waals surface area contributed by atoms with Crippen LogP contribution in [0, 0.1) is 17.8 Å². The number of anilines is 1. The minimum absolute atomic E-state index is 0.199. The number of ether oxygens (including phenoxy) is 1. The first-order valence-corrected chi connectivity index (χ1v) is 9.35. The molecule has 3 nitrogen and oxygen atoms in total. The van der Waals surface area contributed by atoms with Crippen LogP contribution in [0.15, 0.2) is 30.3 Å². The van der Waals surface area contributed by atoms with Gasteiger partial charge in [-0.1, -0.05) is 18.2 Å². The fourth-order valence-corrected chi connectivity index (χ4v) is 5.56. The van der Waals surface area contributed by atoms with Crippen LogP contribution < -0.4 is 10.6 Å². The summed E-state index contributed by atoms with van der Waals surface area (Å²) in [6.07, 6.45) is 8.28. The van der Waals surface area contributed by atoms with Crippen LogP contribution in [0.4, 0.5) is 5.69 Å². The van der Waals surface area contributed by atoms with Crippen molar-refractivity contribution in [2.45, 2.75) is 44.1 Å². The van der Waals surface area contributed by atoms with Crippen molar-refractivity contribution >= 4 is 23.0 Å². The van der Waals surface area contributed by atoms with Gasteiger partial charge in [-0.05, 0) is 80.6 Å². The van der Waals surface area contributed by atoms with E-state index >= 15 is 0 Å². The zero-order chi connectivity index (χ0) is 15.7. The third kappa shape index (κ3) is 3.53. The van der Waals surface area contributed by atoms with Gasteiger partial charge in [0.2, 0.25) is 0 Å². The summed E-state index contributed by atoms with van der Waals surface area (Å²) in [7, 11) is 0. The minimum Gasteiger partial charge on any atom is -0.373 e. The fraction of sp³-hybridized carbons (Fsp3) is 0.632. The van der Waals surface area contributed by atoms with E-state index in [0.29, 0.717) is 5.11 Å². The van der Waals surface area contributed by atoms with Crippen LogP contribution in [0.3, 0.4) is 0 Å². The number of rotatable bonds is 5. The van der Waals surface area contributed by atoms with Gasteiger partial charge in [-0.25, -0.2) is 0 Å². The lowest BCUT2D eigenvalue weighted by molar-refractivity contribution is -0.160. The molecular weight excluding hydrogens is 304 g/mol. The molecule has 4 aliphatic rings. The highest BCUT2D eigenvalue weighted by Crippen LogP contribution is 2.57. The van der Waals surface area contributed by atoms with Crippen molar-refractivity contribution in [1.29, 1.82) is 0 Å². The molecule has 0 saturated heterocycles. The van der Waals surface area contributed by atoms with Crippen molar-refractivity contribution in [3.8, 4) is 0 Å². The molecule has 5 rings (SSSR count). The summed E-state index contributed by atoms with van der Waals surface area (Å²) in [5, 5.41) is 7.13. The van der Waals surface area contributed by atoms with Crippen LogP contribution in [-0.2, 0) is 4.74 Å². The molecule has 0 atom stereocenters. The lowest BCUT2D eigenvalue weighted by Gasteiger charge is -2.56. The highest BCUT2D eigenvalue weighted by atomic mass is 32.1. The molecule has 1 aromatic carbocycles. The summed E-state index contributed by atoms with van der Waals surface area (Å²) in [4.78, 5) is 0. The maximum absolute atomic E-state index is 6.39. The van der Waals surface area contributed by atoms with E-state index in [0.717, 1.165) is 36.6 Å². The molecule has 0 radical (unpaired) electrons. The maximum Gasteiger partial charge on any atom is 0.170 e. The van der Waals surface area contributed by atoms with Gasteiger partial charge >= 0.3 is 0 Å². The summed E-state index contributed by atoms with van der Waals surface area (Å²) in [5.74, 6) is 2.82. The van der Waals surface area contributed by atoms with E-state index in [-0.39, 0.29) is 5.60 Å². The Morgan fingerprint density at radius 2 is 1.65 bits per heavy atom. The zero-order valence-corrected chi connectivity index (χ0v) is 14.4. The van der Waals surface area contributed by atoms with E-state index in [9.17, 15) is 0 Å². The van der Waals surface area contributed by atoms with Crippen LogP contribution in [0.25, 0.3) is 0 Å². The number of thiocarbonyl (C=S) groups is 1. The Kier molecular flexibility index (Phi) is 4.29. The van der Waals surface area contributed by atoms with Gasteiger partial charge in [0.05, 0.1) is 12.2 Å². The van der Waals surface area contributed by atoms with Crippen molar-refractivity contribution in [2.75, 3.05) is 18.5 Å². The molecular formula is C19H26N2OS. The van der Waals surface area contributed by atoms with Crippen molar-refractivity contribution in [3.05, 3.63) is 30.3 Å². The van der Waals surface area contributed by atoms with Gasteiger partial charge in [0.25, 0.3) is 0 Å². The van der Waals surface area contributed by atoms with Crippen LogP contribution in [0.2, 0.25) is 0 Å².